The Hall–Kier alpha value is -1.77. The van der Waals surface area contributed by atoms with E-state index in [4.69, 9.17) is 0 Å². The zero-order valence-electron chi connectivity index (χ0n) is 13.0. The summed E-state index contributed by atoms with van der Waals surface area (Å²) in [6.45, 7) is 2.31. The molecule has 0 aliphatic carbocycles. The third kappa shape index (κ3) is 4.62. The summed E-state index contributed by atoms with van der Waals surface area (Å²) in [7, 11) is -0.435. The highest BCUT2D eigenvalue weighted by molar-refractivity contribution is 7.87. The van der Waals surface area contributed by atoms with Gasteiger partial charge in [0.15, 0.2) is 5.82 Å². The molecule has 7 nitrogen and oxygen atoms in total. The fourth-order valence-corrected chi connectivity index (χ4v) is 2.58. The van der Waals surface area contributed by atoms with E-state index in [0.717, 1.165) is 15.7 Å². The van der Waals surface area contributed by atoms with Crippen molar-refractivity contribution in [2.75, 3.05) is 20.6 Å². The fraction of sp³-hybridized carbons (Fsp3) is 0.429. The van der Waals surface area contributed by atoms with Gasteiger partial charge in [-0.2, -0.15) is 17.8 Å². The van der Waals surface area contributed by atoms with E-state index >= 15 is 0 Å². The van der Waals surface area contributed by atoms with Crippen LogP contribution in [0.2, 0.25) is 0 Å². The van der Waals surface area contributed by atoms with Crippen LogP contribution >= 0.6 is 0 Å². The molecule has 0 radical (unpaired) electrons. The lowest BCUT2D eigenvalue weighted by Gasteiger charge is -2.11. The normalized spacial score (nSPS) is 12.0. The Morgan fingerprint density at radius 1 is 1.32 bits per heavy atom. The molecule has 0 amide bonds. The second kappa shape index (κ2) is 6.99. The van der Waals surface area contributed by atoms with Crippen LogP contribution in [-0.2, 0) is 23.1 Å². The SMILES string of the molecule is Cc1cccc(Cc2nc(CCNS(=O)(=O)N(C)C)n[nH]2)c1. The predicted octanol–water partition coefficient (Wildman–Crippen LogP) is 0.642. The molecule has 2 aromatic rings. The first kappa shape index (κ1) is 16.6. The summed E-state index contributed by atoms with van der Waals surface area (Å²) >= 11 is 0. The lowest BCUT2D eigenvalue weighted by atomic mass is 10.1. The average molecular weight is 323 g/mol. The number of aryl methyl sites for hydroxylation is 1. The minimum Gasteiger partial charge on any atom is -0.263 e. The maximum Gasteiger partial charge on any atom is 0.278 e. The van der Waals surface area contributed by atoms with Gasteiger partial charge in [0.05, 0.1) is 0 Å². The fourth-order valence-electron chi connectivity index (χ4n) is 1.96. The number of nitrogens with zero attached hydrogens (tertiary/aromatic N) is 3. The van der Waals surface area contributed by atoms with Gasteiger partial charge in [0.25, 0.3) is 10.2 Å². The molecule has 0 atom stereocenters. The summed E-state index contributed by atoms with van der Waals surface area (Å²) in [6, 6.07) is 8.21. The van der Waals surface area contributed by atoms with Crippen molar-refractivity contribution in [3.05, 3.63) is 47.0 Å². The quantitative estimate of drug-likeness (QED) is 0.782. The first-order valence-electron chi connectivity index (χ1n) is 6.99. The van der Waals surface area contributed by atoms with Crippen LogP contribution < -0.4 is 4.72 Å². The highest BCUT2D eigenvalue weighted by Crippen LogP contribution is 2.08. The number of aromatic nitrogens is 3. The standard InChI is InChI=1S/C14H21N5O2S/c1-11-5-4-6-12(9-11)10-14-16-13(17-18-14)7-8-15-22(20,21)19(2)3/h4-6,9,15H,7-8,10H2,1-3H3,(H,16,17,18). The van der Waals surface area contributed by atoms with Crippen molar-refractivity contribution >= 4 is 10.2 Å². The topological polar surface area (TPSA) is 91.0 Å². The zero-order chi connectivity index (χ0) is 16.2. The van der Waals surface area contributed by atoms with Crippen molar-refractivity contribution in [2.45, 2.75) is 19.8 Å². The van der Waals surface area contributed by atoms with Crippen LogP contribution in [0.4, 0.5) is 0 Å². The Kier molecular flexibility index (Phi) is 5.28. The van der Waals surface area contributed by atoms with Crippen molar-refractivity contribution in [2.24, 2.45) is 0 Å². The minimum absolute atomic E-state index is 0.266. The molecular weight excluding hydrogens is 302 g/mol. The van der Waals surface area contributed by atoms with Gasteiger partial charge in [-0.15, -0.1) is 0 Å². The highest BCUT2D eigenvalue weighted by Gasteiger charge is 2.12. The highest BCUT2D eigenvalue weighted by atomic mass is 32.2. The van der Waals surface area contributed by atoms with Crippen LogP contribution in [0.1, 0.15) is 22.8 Å². The third-order valence-electron chi connectivity index (χ3n) is 3.15. The van der Waals surface area contributed by atoms with Crippen molar-refractivity contribution < 1.29 is 8.42 Å². The van der Waals surface area contributed by atoms with E-state index in [1.165, 1.54) is 19.7 Å². The summed E-state index contributed by atoms with van der Waals surface area (Å²) in [5.74, 6) is 1.38. The lowest BCUT2D eigenvalue weighted by molar-refractivity contribution is 0.505. The molecule has 22 heavy (non-hydrogen) atoms. The number of rotatable bonds is 7. The Balaban J connectivity index is 1.89. The number of hydrogen-bond acceptors (Lipinski definition) is 4. The molecule has 2 N–H and O–H groups in total. The van der Waals surface area contributed by atoms with Crippen LogP contribution in [0.15, 0.2) is 24.3 Å². The molecular formula is C14H21N5O2S. The monoisotopic (exact) mass is 323 g/mol. The van der Waals surface area contributed by atoms with Gasteiger partial charge < -0.3 is 0 Å². The van der Waals surface area contributed by atoms with Gasteiger partial charge in [-0.05, 0) is 12.5 Å². The van der Waals surface area contributed by atoms with Gasteiger partial charge in [-0.3, -0.25) is 5.10 Å². The Bertz CT molecular complexity index is 724. The number of nitrogens with one attached hydrogen (secondary N) is 2. The van der Waals surface area contributed by atoms with Gasteiger partial charge in [-0.25, -0.2) is 9.71 Å². The molecule has 120 valence electrons. The van der Waals surface area contributed by atoms with Crippen LogP contribution in [0, 0.1) is 6.92 Å². The Morgan fingerprint density at radius 2 is 2.09 bits per heavy atom. The van der Waals surface area contributed by atoms with Crippen molar-refractivity contribution in [1.82, 2.24) is 24.2 Å². The molecule has 2 rings (SSSR count). The molecule has 0 bridgehead atoms. The van der Waals surface area contributed by atoms with E-state index in [-0.39, 0.29) is 6.54 Å². The summed E-state index contributed by atoms with van der Waals surface area (Å²) in [4.78, 5) is 4.38. The van der Waals surface area contributed by atoms with E-state index in [9.17, 15) is 8.42 Å². The molecule has 0 saturated carbocycles. The number of H-pyrrole nitrogens is 1. The van der Waals surface area contributed by atoms with E-state index in [1.807, 2.05) is 25.1 Å². The molecule has 0 fully saturated rings. The van der Waals surface area contributed by atoms with Crippen molar-refractivity contribution in [3.63, 3.8) is 0 Å². The van der Waals surface area contributed by atoms with Gasteiger partial charge in [0, 0.05) is 33.5 Å². The molecule has 1 heterocycles. The molecule has 1 aromatic heterocycles. The molecule has 0 aliphatic heterocycles. The number of aromatic amines is 1. The van der Waals surface area contributed by atoms with Crippen LogP contribution in [0.3, 0.4) is 0 Å². The largest absolute Gasteiger partial charge is 0.278 e. The lowest BCUT2D eigenvalue weighted by Crippen LogP contribution is -2.36. The molecule has 0 spiro atoms. The minimum atomic E-state index is -3.40. The van der Waals surface area contributed by atoms with Crippen molar-refractivity contribution in [3.8, 4) is 0 Å². The van der Waals surface area contributed by atoms with Gasteiger partial charge in [0.1, 0.15) is 5.82 Å². The maximum atomic E-state index is 11.6. The Labute approximate surface area is 131 Å². The van der Waals surface area contributed by atoms with E-state index in [1.54, 1.807) is 0 Å². The summed E-state index contributed by atoms with van der Waals surface area (Å²) in [5, 5.41) is 7.01. The van der Waals surface area contributed by atoms with Crippen LogP contribution in [0.5, 0.6) is 0 Å². The van der Waals surface area contributed by atoms with Gasteiger partial charge in [0.2, 0.25) is 0 Å². The maximum absolute atomic E-state index is 11.6. The van der Waals surface area contributed by atoms with Crippen molar-refractivity contribution in [1.29, 1.82) is 0 Å². The third-order valence-corrected chi connectivity index (χ3v) is 4.68. The smallest absolute Gasteiger partial charge is 0.263 e. The van der Waals surface area contributed by atoms with E-state index in [2.05, 4.69) is 26.0 Å². The summed E-state index contributed by atoms with van der Waals surface area (Å²) < 4.78 is 26.7. The molecule has 1 aromatic carbocycles. The first-order chi connectivity index (χ1) is 10.4. The predicted molar refractivity (Wildman–Crippen MR) is 84.7 cm³/mol. The second-order valence-electron chi connectivity index (χ2n) is 5.30. The zero-order valence-corrected chi connectivity index (χ0v) is 13.8. The number of benzene rings is 1. The Morgan fingerprint density at radius 3 is 2.77 bits per heavy atom. The van der Waals surface area contributed by atoms with Gasteiger partial charge in [-0.1, -0.05) is 29.8 Å². The first-order valence-corrected chi connectivity index (χ1v) is 8.43. The van der Waals surface area contributed by atoms with Crippen LogP contribution in [-0.4, -0.2) is 48.5 Å². The van der Waals surface area contributed by atoms with E-state index < -0.39 is 10.2 Å². The second-order valence-corrected chi connectivity index (χ2v) is 7.27. The summed E-state index contributed by atoms with van der Waals surface area (Å²) in [6.07, 6.45) is 1.12. The van der Waals surface area contributed by atoms with Crippen LogP contribution in [0.25, 0.3) is 0 Å². The number of hydrogen-bond donors (Lipinski definition) is 2. The molecule has 0 unspecified atom stereocenters. The van der Waals surface area contributed by atoms with E-state index in [0.29, 0.717) is 18.7 Å². The molecule has 0 aliphatic rings. The summed E-state index contributed by atoms with van der Waals surface area (Å²) in [5.41, 5.74) is 2.37. The molecule has 8 heteroatoms. The average Bonchev–Trinajstić information content (AvgIpc) is 2.86. The molecule has 0 saturated heterocycles. The van der Waals surface area contributed by atoms with Gasteiger partial charge >= 0.3 is 0 Å².